The van der Waals surface area contributed by atoms with Gasteiger partial charge in [-0.25, -0.2) is 0 Å². The summed E-state index contributed by atoms with van der Waals surface area (Å²) in [6.45, 7) is 9.44. The molecule has 2 aliphatic carbocycles. The standard InChI is InChI=1S/C23H33NO3/c1-14(2)20(25)24-21-22(3,4)16-12-18-19(27-11-10-23(18,21)13-16)15-6-8-17(26-5)9-7-15/h6-9,14,16,18-19,21H,10-13H2,1-5H3,(H,24,25)/t16-,18-,19-,21+,23?/m1/s1. The summed E-state index contributed by atoms with van der Waals surface area (Å²) in [5.74, 6) is 2.19. The maximum absolute atomic E-state index is 12.6. The van der Waals surface area contributed by atoms with Gasteiger partial charge in [-0.2, -0.15) is 0 Å². The first-order valence-electron chi connectivity index (χ1n) is 10.4. The Balaban J connectivity index is 1.66. The number of benzene rings is 1. The van der Waals surface area contributed by atoms with E-state index in [2.05, 4.69) is 31.3 Å². The smallest absolute Gasteiger partial charge is 0.222 e. The molecule has 0 radical (unpaired) electrons. The van der Waals surface area contributed by atoms with E-state index in [1.165, 1.54) is 18.4 Å². The summed E-state index contributed by atoms with van der Waals surface area (Å²) in [4.78, 5) is 12.6. The van der Waals surface area contributed by atoms with Crippen molar-refractivity contribution in [2.75, 3.05) is 13.7 Å². The van der Waals surface area contributed by atoms with Crippen molar-refractivity contribution < 1.29 is 14.3 Å². The number of carbonyl (C=O) groups is 1. The summed E-state index contributed by atoms with van der Waals surface area (Å²) in [5, 5.41) is 3.47. The van der Waals surface area contributed by atoms with E-state index in [4.69, 9.17) is 9.47 Å². The van der Waals surface area contributed by atoms with Crippen molar-refractivity contribution in [2.24, 2.45) is 28.6 Å². The highest BCUT2D eigenvalue weighted by Crippen LogP contribution is 2.70. The number of methoxy groups -OCH3 is 1. The van der Waals surface area contributed by atoms with Crippen LogP contribution in [0.2, 0.25) is 0 Å². The van der Waals surface area contributed by atoms with Gasteiger partial charge in [-0.05, 0) is 59.6 Å². The molecule has 4 rings (SSSR count). The predicted molar refractivity (Wildman–Crippen MR) is 106 cm³/mol. The molecule has 3 fully saturated rings. The molecule has 27 heavy (non-hydrogen) atoms. The molecule has 1 saturated heterocycles. The van der Waals surface area contributed by atoms with Crippen LogP contribution in [-0.2, 0) is 9.53 Å². The Bertz CT molecular complexity index is 711. The number of nitrogens with one attached hydrogen (secondary N) is 1. The third kappa shape index (κ3) is 2.79. The highest BCUT2D eigenvalue weighted by Gasteiger charge is 2.68. The summed E-state index contributed by atoms with van der Waals surface area (Å²) in [7, 11) is 1.70. The van der Waals surface area contributed by atoms with Crippen molar-refractivity contribution >= 4 is 5.91 Å². The lowest BCUT2D eigenvalue weighted by molar-refractivity contribution is -0.139. The normalized spacial score (nSPS) is 36.5. The van der Waals surface area contributed by atoms with E-state index in [0.717, 1.165) is 18.8 Å². The molecule has 1 aliphatic heterocycles. The molecular weight excluding hydrogens is 338 g/mol. The molecule has 148 valence electrons. The summed E-state index contributed by atoms with van der Waals surface area (Å²) in [5.41, 5.74) is 1.53. The number of fused-ring (bicyclic) bond motifs is 1. The zero-order valence-corrected chi connectivity index (χ0v) is 17.2. The first-order valence-corrected chi connectivity index (χ1v) is 10.4. The van der Waals surface area contributed by atoms with Crippen molar-refractivity contribution in [1.82, 2.24) is 5.32 Å². The van der Waals surface area contributed by atoms with Gasteiger partial charge in [-0.1, -0.05) is 39.8 Å². The van der Waals surface area contributed by atoms with Gasteiger partial charge < -0.3 is 14.8 Å². The number of ether oxygens (including phenoxy) is 2. The number of amides is 1. The molecule has 5 atom stereocenters. The van der Waals surface area contributed by atoms with Gasteiger partial charge in [0.2, 0.25) is 5.91 Å². The lowest BCUT2D eigenvalue weighted by atomic mass is 9.58. The average Bonchev–Trinajstić information content (AvgIpc) is 3.14. The second-order valence-corrected chi connectivity index (χ2v) is 9.71. The Morgan fingerprint density at radius 1 is 1.26 bits per heavy atom. The zero-order valence-electron chi connectivity index (χ0n) is 17.2. The van der Waals surface area contributed by atoms with Gasteiger partial charge in [-0.15, -0.1) is 0 Å². The first kappa shape index (κ1) is 18.8. The van der Waals surface area contributed by atoms with Crippen molar-refractivity contribution in [3.05, 3.63) is 29.8 Å². The second-order valence-electron chi connectivity index (χ2n) is 9.71. The number of hydrogen-bond donors (Lipinski definition) is 1. The molecule has 1 unspecified atom stereocenters. The molecule has 3 aliphatic rings. The van der Waals surface area contributed by atoms with Crippen molar-refractivity contribution in [2.45, 2.75) is 59.1 Å². The fourth-order valence-corrected chi connectivity index (χ4v) is 6.22. The van der Waals surface area contributed by atoms with Crippen LogP contribution in [0.1, 0.15) is 58.6 Å². The minimum Gasteiger partial charge on any atom is -0.497 e. The molecule has 1 aromatic carbocycles. The third-order valence-electron chi connectivity index (χ3n) is 7.76. The molecule has 1 N–H and O–H groups in total. The average molecular weight is 372 g/mol. The van der Waals surface area contributed by atoms with Crippen LogP contribution in [-0.4, -0.2) is 25.7 Å². The molecule has 2 bridgehead atoms. The van der Waals surface area contributed by atoms with Crippen LogP contribution in [0, 0.1) is 28.6 Å². The van der Waals surface area contributed by atoms with Gasteiger partial charge in [-0.3, -0.25) is 4.79 Å². The van der Waals surface area contributed by atoms with E-state index in [1.807, 2.05) is 26.0 Å². The fraction of sp³-hybridized carbons (Fsp3) is 0.696. The van der Waals surface area contributed by atoms with E-state index >= 15 is 0 Å². The van der Waals surface area contributed by atoms with E-state index in [9.17, 15) is 4.79 Å². The van der Waals surface area contributed by atoms with Crippen LogP contribution in [0.4, 0.5) is 0 Å². The molecule has 1 amide bonds. The molecule has 2 saturated carbocycles. The molecule has 1 aromatic rings. The zero-order chi connectivity index (χ0) is 19.4. The van der Waals surface area contributed by atoms with Crippen LogP contribution in [0.5, 0.6) is 5.75 Å². The van der Waals surface area contributed by atoms with Crippen molar-refractivity contribution in [3.8, 4) is 5.75 Å². The van der Waals surface area contributed by atoms with Crippen molar-refractivity contribution in [3.63, 3.8) is 0 Å². The van der Waals surface area contributed by atoms with E-state index in [1.54, 1.807) is 7.11 Å². The first-order chi connectivity index (χ1) is 12.8. The van der Waals surface area contributed by atoms with Gasteiger partial charge in [0.15, 0.2) is 0 Å². The number of rotatable bonds is 4. The van der Waals surface area contributed by atoms with Gasteiger partial charge in [0.05, 0.1) is 13.2 Å². The maximum Gasteiger partial charge on any atom is 0.222 e. The lowest BCUT2D eigenvalue weighted by Crippen LogP contribution is -2.59. The maximum atomic E-state index is 12.6. The SMILES string of the molecule is COc1ccc([C@H]2OCCC34C[C@@H](C[C@H]23)C(C)(C)[C@@H]4NC(=O)C(C)C)cc1. The Labute approximate surface area is 163 Å². The van der Waals surface area contributed by atoms with Gasteiger partial charge >= 0.3 is 0 Å². The van der Waals surface area contributed by atoms with Gasteiger partial charge in [0.1, 0.15) is 5.75 Å². The molecule has 1 spiro atoms. The quantitative estimate of drug-likeness (QED) is 0.856. The molecule has 0 aromatic heterocycles. The van der Waals surface area contributed by atoms with E-state index in [-0.39, 0.29) is 34.8 Å². The molecule has 4 heteroatoms. The van der Waals surface area contributed by atoms with Crippen LogP contribution >= 0.6 is 0 Å². The summed E-state index contributed by atoms with van der Waals surface area (Å²) >= 11 is 0. The number of hydrogen-bond acceptors (Lipinski definition) is 3. The number of carbonyl (C=O) groups excluding carboxylic acids is 1. The Morgan fingerprint density at radius 2 is 1.96 bits per heavy atom. The Hall–Kier alpha value is -1.55. The minimum absolute atomic E-state index is 0.0204. The topological polar surface area (TPSA) is 47.6 Å². The summed E-state index contributed by atoms with van der Waals surface area (Å²) in [6, 6.07) is 8.56. The predicted octanol–water partition coefficient (Wildman–Crippen LogP) is 4.35. The fourth-order valence-electron chi connectivity index (χ4n) is 6.22. The lowest BCUT2D eigenvalue weighted by Gasteiger charge is -2.53. The van der Waals surface area contributed by atoms with Crippen LogP contribution in [0.15, 0.2) is 24.3 Å². The van der Waals surface area contributed by atoms with Crippen molar-refractivity contribution in [1.29, 1.82) is 0 Å². The highest BCUT2D eigenvalue weighted by molar-refractivity contribution is 5.78. The Morgan fingerprint density at radius 3 is 2.59 bits per heavy atom. The van der Waals surface area contributed by atoms with E-state index < -0.39 is 0 Å². The Kier molecular flexibility index (Phi) is 4.53. The van der Waals surface area contributed by atoms with Gasteiger partial charge in [0.25, 0.3) is 0 Å². The van der Waals surface area contributed by atoms with Crippen LogP contribution < -0.4 is 10.1 Å². The second kappa shape index (κ2) is 6.51. The minimum atomic E-state index is 0.0204. The summed E-state index contributed by atoms with van der Waals surface area (Å²) < 4.78 is 11.6. The third-order valence-corrected chi connectivity index (χ3v) is 7.76. The largest absolute Gasteiger partial charge is 0.497 e. The van der Waals surface area contributed by atoms with Crippen LogP contribution in [0.25, 0.3) is 0 Å². The highest BCUT2D eigenvalue weighted by atomic mass is 16.5. The van der Waals surface area contributed by atoms with Crippen LogP contribution in [0.3, 0.4) is 0 Å². The molecular formula is C23H33NO3. The summed E-state index contributed by atoms with van der Waals surface area (Å²) in [6.07, 6.45) is 3.57. The van der Waals surface area contributed by atoms with E-state index in [0.29, 0.717) is 11.8 Å². The van der Waals surface area contributed by atoms with Gasteiger partial charge in [0, 0.05) is 18.6 Å². The molecule has 4 nitrogen and oxygen atoms in total. The monoisotopic (exact) mass is 371 g/mol. The molecule has 1 heterocycles.